The Morgan fingerprint density at radius 2 is 1.59 bits per heavy atom. The lowest BCUT2D eigenvalue weighted by Crippen LogP contribution is -2.35. The van der Waals surface area contributed by atoms with E-state index in [1.54, 1.807) is 0 Å². The summed E-state index contributed by atoms with van der Waals surface area (Å²) >= 11 is 0. The highest BCUT2D eigenvalue weighted by molar-refractivity contribution is 7.86. The van der Waals surface area contributed by atoms with Crippen molar-refractivity contribution in [1.82, 2.24) is 0 Å². The molecule has 0 rings (SSSR count). The Morgan fingerprint density at radius 3 is 2.05 bits per heavy atom. The Balaban J connectivity index is 4.85. The molecule has 22 heavy (non-hydrogen) atoms. The van der Waals surface area contributed by atoms with E-state index in [2.05, 4.69) is 4.18 Å². The fourth-order valence-electron chi connectivity index (χ4n) is 1.77. The number of rotatable bonds is 13. The van der Waals surface area contributed by atoms with Crippen LogP contribution < -0.4 is 0 Å². The molecule has 0 aromatic rings. The fraction of sp³-hybridized carbons (Fsp3) is 1.00. The SMILES string of the molecule is CCCC[C@@H](OS(C)(=O)=O)[C@H](CCOS(C)(=O)=O)OCOC. The van der Waals surface area contributed by atoms with Crippen molar-refractivity contribution in [3.8, 4) is 0 Å². The minimum atomic E-state index is -3.66. The third-order valence-electron chi connectivity index (χ3n) is 2.66. The quantitative estimate of drug-likeness (QED) is 0.351. The monoisotopic (exact) mass is 362 g/mol. The van der Waals surface area contributed by atoms with Gasteiger partial charge in [0.15, 0.2) is 0 Å². The standard InChI is InChI=1S/C12H26O8S2/c1-5-6-7-12(20-22(4,15)16)11(18-10-17-2)8-9-19-21(3,13)14/h11-12H,5-10H2,1-4H3/t11-,12+/m0/s1. The first-order valence-corrected chi connectivity index (χ1v) is 10.6. The van der Waals surface area contributed by atoms with Gasteiger partial charge >= 0.3 is 0 Å². The van der Waals surface area contributed by atoms with Crippen molar-refractivity contribution in [2.45, 2.75) is 44.8 Å². The first-order valence-electron chi connectivity index (χ1n) is 6.92. The maximum atomic E-state index is 11.4. The van der Waals surface area contributed by atoms with Crippen LogP contribution in [0.1, 0.15) is 32.6 Å². The van der Waals surface area contributed by atoms with Crippen LogP contribution in [-0.2, 0) is 38.1 Å². The predicted octanol–water partition coefficient (Wildman–Crippen LogP) is 0.877. The van der Waals surface area contributed by atoms with E-state index >= 15 is 0 Å². The van der Waals surface area contributed by atoms with Crippen LogP contribution in [0, 0.1) is 0 Å². The second-order valence-corrected chi connectivity index (χ2v) is 8.15. The fourth-order valence-corrected chi connectivity index (χ4v) is 2.84. The molecule has 0 radical (unpaired) electrons. The van der Waals surface area contributed by atoms with E-state index in [-0.39, 0.29) is 19.8 Å². The van der Waals surface area contributed by atoms with Crippen molar-refractivity contribution in [2.24, 2.45) is 0 Å². The van der Waals surface area contributed by atoms with Crippen LogP contribution in [0.5, 0.6) is 0 Å². The van der Waals surface area contributed by atoms with Gasteiger partial charge in [-0.2, -0.15) is 16.8 Å². The Bertz CT molecular complexity index is 485. The first-order chi connectivity index (χ1) is 10.1. The van der Waals surface area contributed by atoms with Crippen LogP contribution in [0.3, 0.4) is 0 Å². The summed E-state index contributed by atoms with van der Waals surface area (Å²) in [6.07, 6.45) is 2.79. The van der Waals surface area contributed by atoms with E-state index in [1.165, 1.54) is 7.11 Å². The van der Waals surface area contributed by atoms with Gasteiger partial charge in [0.2, 0.25) is 0 Å². The molecule has 2 atom stereocenters. The number of hydrogen-bond acceptors (Lipinski definition) is 8. The Kier molecular flexibility index (Phi) is 10.4. The minimum absolute atomic E-state index is 0.0563. The highest BCUT2D eigenvalue weighted by atomic mass is 32.2. The molecular weight excluding hydrogens is 336 g/mol. The van der Waals surface area contributed by atoms with E-state index in [0.717, 1.165) is 25.4 Å². The summed E-state index contributed by atoms with van der Waals surface area (Å²) in [4.78, 5) is 0. The summed E-state index contributed by atoms with van der Waals surface area (Å²) in [6.45, 7) is 1.79. The molecule has 0 aromatic heterocycles. The van der Waals surface area contributed by atoms with Crippen molar-refractivity contribution in [3.63, 3.8) is 0 Å². The maximum Gasteiger partial charge on any atom is 0.264 e. The second-order valence-electron chi connectivity index (χ2n) is 4.91. The minimum Gasteiger partial charge on any atom is -0.359 e. The van der Waals surface area contributed by atoms with Gasteiger partial charge in [-0.05, 0) is 6.42 Å². The van der Waals surface area contributed by atoms with Crippen molar-refractivity contribution in [3.05, 3.63) is 0 Å². The molecule has 0 N–H and O–H groups in total. The van der Waals surface area contributed by atoms with E-state index in [1.807, 2.05) is 6.92 Å². The molecule has 0 fully saturated rings. The van der Waals surface area contributed by atoms with Gasteiger partial charge in [-0.15, -0.1) is 0 Å². The number of unbranched alkanes of at least 4 members (excludes halogenated alkanes) is 1. The summed E-state index contributed by atoms with van der Waals surface area (Å²) in [7, 11) is -5.79. The molecule has 0 unspecified atom stereocenters. The van der Waals surface area contributed by atoms with E-state index < -0.39 is 32.4 Å². The van der Waals surface area contributed by atoms with Gasteiger partial charge in [-0.3, -0.25) is 8.37 Å². The van der Waals surface area contributed by atoms with Gasteiger partial charge in [0, 0.05) is 13.5 Å². The Morgan fingerprint density at radius 1 is 0.955 bits per heavy atom. The van der Waals surface area contributed by atoms with Gasteiger partial charge in [0.25, 0.3) is 20.2 Å². The predicted molar refractivity (Wildman–Crippen MR) is 81.4 cm³/mol. The highest BCUT2D eigenvalue weighted by Crippen LogP contribution is 2.18. The van der Waals surface area contributed by atoms with Crippen LogP contribution in [0.2, 0.25) is 0 Å². The van der Waals surface area contributed by atoms with Gasteiger partial charge in [-0.1, -0.05) is 19.8 Å². The zero-order valence-corrected chi connectivity index (χ0v) is 15.1. The molecule has 0 saturated heterocycles. The maximum absolute atomic E-state index is 11.4. The molecule has 0 heterocycles. The molecule has 134 valence electrons. The Labute approximate surface area is 133 Å². The normalized spacial score (nSPS) is 15.6. The molecule has 0 saturated carbocycles. The third kappa shape index (κ3) is 12.3. The molecule has 0 aliphatic rings. The van der Waals surface area contributed by atoms with Gasteiger partial charge in [0.1, 0.15) is 12.9 Å². The van der Waals surface area contributed by atoms with E-state index in [4.69, 9.17) is 13.7 Å². The Hall–Kier alpha value is -0.260. The van der Waals surface area contributed by atoms with Gasteiger partial charge in [0.05, 0.1) is 25.2 Å². The van der Waals surface area contributed by atoms with Crippen molar-refractivity contribution < 1.29 is 34.7 Å². The van der Waals surface area contributed by atoms with Crippen LogP contribution in [0.4, 0.5) is 0 Å². The molecular formula is C12H26O8S2. The lowest BCUT2D eigenvalue weighted by atomic mass is 10.1. The molecule has 0 aliphatic carbocycles. The average Bonchev–Trinajstić information content (AvgIpc) is 2.36. The van der Waals surface area contributed by atoms with Crippen molar-refractivity contribution in [2.75, 3.05) is 33.0 Å². The third-order valence-corrected chi connectivity index (χ3v) is 3.85. The zero-order valence-electron chi connectivity index (χ0n) is 13.5. The molecule has 0 bridgehead atoms. The lowest BCUT2D eigenvalue weighted by molar-refractivity contribution is -0.111. The molecule has 0 spiro atoms. The van der Waals surface area contributed by atoms with Gasteiger partial charge < -0.3 is 9.47 Å². The van der Waals surface area contributed by atoms with Gasteiger partial charge in [-0.25, -0.2) is 0 Å². The van der Waals surface area contributed by atoms with Crippen LogP contribution >= 0.6 is 0 Å². The number of methoxy groups -OCH3 is 1. The average molecular weight is 362 g/mol. The number of ether oxygens (including phenoxy) is 2. The zero-order chi connectivity index (χ0) is 17.2. The molecule has 8 nitrogen and oxygen atoms in total. The van der Waals surface area contributed by atoms with Crippen molar-refractivity contribution in [1.29, 1.82) is 0 Å². The summed E-state index contributed by atoms with van der Waals surface area (Å²) in [5, 5.41) is 0. The molecule has 10 heteroatoms. The molecule has 0 aliphatic heterocycles. The lowest BCUT2D eigenvalue weighted by Gasteiger charge is -2.26. The number of hydrogen-bond donors (Lipinski definition) is 0. The van der Waals surface area contributed by atoms with Crippen LogP contribution in [0.25, 0.3) is 0 Å². The van der Waals surface area contributed by atoms with Crippen LogP contribution in [-0.4, -0.2) is 62.1 Å². The largest absolute Gasteiger partial charge is 0.359 e. The van der Waals surface area contributed by atoms with Crippen LogP contribution in [0.15, 0.2) is 0 Å². The van der Waals surface area contributed by atoms with E-state index in [9.17, 15) is 16.8 Å². The van der Waals surface area contributed by atoms with Crippen molar-refractivity contribution >= 4 is 20.2 Å². The summed E-state index contributed by atoms with van der Waals surface area (Å²) in [6, 6.07) is 0. The summed E-state index contributed by atoms with van der Waals surface area (Å²) in [5.74, 6) is 0. The summed E-state index contributed by atoms with van der Waals surface area (Å²) in [5.41, 5.74) is 0. The molecule has 0 aromatic carbocycles. The second kappa shape index (κ2) is 10.5. The summed E-state index contributed by atoms with van der Waals surface area (Å²) < 4.78 is 64.7. The highest BCUT2D eigenvalue weighted by Gasteiger charge is 2.27. The topological polar surface area (TPSA) is 105 Å². The molecule has 0 amide bonds. The first kappa shape index (κ1) is 21.7. The smallest absolute Gasteiger partial charge is 0.264 e. The van der Waals surface area contributed by atoms with E-state index in [0.29, 0.717) is 6.42 Å².